The molecule has 1 aliphatic heterocycles. The minimum absolute atomic E-state index is 0.367. The van der Waals surface area contributed by atoms with E-state index >= 15 is 0 Å². The molecular formula is C13H27N3O. The van der Waals surface area contributed by atoms with Gasteiger partial charge < -0.3 is 15.8 Å². The quantitative estimate of drug-likeness (QED) is 0.325. The van der Waals surface area contributed by atoms with Gasteiger partial charge in [-0.05, 0) is 51.6 Å². The van der Waals surface area contributed by atoms with Gasteiger partial charge in [-0.15, -0.1) is 0 Å². The summed E-state index contributed by atoms with van der Waals surface area (Å²) in [6.45, 7) is 7.00. The summed E-state index contributed by atoms with van der Waals surface area (Å²) in [5.74, 6) is 1.12. The first-order valence-corrected chi connectivity index (χ1v) is 6.87. The lowest BCUT2D eigenvalue weighted by molar-refractivity contribution is 0.132. The molecule has 100 valence electrons. The number of piperidine rings is 1. The molecule has 17 heavy (non-hydrogen) atoms. The summed E-state index contributed by atoms with van der Waals surface area (Å²) >= 11 is 0. The number of nitrogens with zero attached hydrogens (tertiary/aromatic N) is 2. The van der Waals surface area contributed by atoms with Crippen molar-refractivity contribution in [3.05, 3.63) is 0 Å². The first kappa shape index (κ1) is 14.3. The van der Waals surface area contributed by atoms with E-state index in [1.165, 1.54) is 38.8 Å². The van der Waals surface area contributed by atoms with Crippen molar-refractivity contribution in [1.29, 1.82) is 0 Å². The van der Waals surface area contributed by atoms with Crippen molar-refractivity contribution in [2.24, 2.45) is 16.8 Å². The number of amidine groups is 1. The minimum Gasteiger partial charge on any atom is -0.409 e. The van der Waals surface area contributed by atoms with Crippen LogP contribution in [0.3, 0.4) is 0 Å². The number of oxime groups is 1. The van der Waals surface area contributed by atoms with Crippen molar-refractivity contribution in [2.45, 2.75) is 58.4 Å². The summed E-state index contributed by atoms with van der Waals surface area (Å²) in [5, 5.41) is 11.5. The van der Waals surface area contributed by atoms with Gasteiger partial charge in [0.05, 0.1) is 0 Å². The third-order valence-corrected chi connectivity index (χ3v) is 3.92. The predicted molar refractivity (Wildman–Crippen MR) is 71.3 cm³/mol. The standard InChI is InChI=1S/C13H27N3O/c1-3-4-11(2)16-9-7-12(8-10-16)5-6-13(14)15-17/h11-12,17H,3-10H2,1-2H3,(H2,14,15). The summed E-state index contributed by atoms with van der Waals surface area (Å²) < 4.78 is 0. The summed E-state index contributed by atoms with van der Waals surface area (Å²) in [7, 11) is 0. The van der Waals surface area contributed by atoms with Crippen molar-refractivity contribution in [2.75, 3.05) is 13.1 Å². The Balaban J connectivity index is 2.21. The van der Waals surface area contributed by atoms with Crippen LogP contribution in [0.15, 0.2) is 5.16 Å². The molecule has 4 heteroatoms. The minimum atomic E-state index is 0.367. The molecule has 0 saturated carbocycles. The van der Waals surface area contributed by atoms with Gasteiger partial charge in [0.25, 0.3) is 0 Å². The number of rotatable bonds is 6. The molecule has 1 saturated heterocycles. The van der Waals surface area contributed by atoms with E-state index in [1.54, 1.807) is 0 Å². The lowest BCUT2D eigenvalue weighted by atomic mass is 9.91. The van der Waals surface area contributed by atoms with Gasteiger partial charge in [-0.2, -0.15) is 0 Å². The fourth-order valence-electron chi connectivity index (χ4n) is 2.68. The van der Waals surface area contributed by atoms with E-state index in [4.69, 9.17) is 10.9 Å². The Bertz CT molecular complexity index is 235. The first-order chi connectivity index (χ1) is 8.17. The third kappa shape index (κ3) is 4.94. The zero-order valence-electron chi connectivity index (χ0n) is 11.2. The number of hydrogen-bond acceptors (Lipinski definition) is 3. The molecule has 0 spiro atoms. The molecule has 0 amide bonds. The van der Waals surface area contributed by atoms with Crippen LogP contribution in [0.2, 0.25) is 0 Å². The van der Waals surface area contributed by atoms with Crippen LogP contribution in [0.1, 0.15) is 52.4 Å². The molecule has 1 heterocycles. The molecule has 0 aromatic heterocycles. The Kier molecular flexibility index (Phi) is 6.34. The smallest absolute Gasteiger partial charge is 0.139 e. The van der Waals surface area contributed by atoms with Crippen LogP contribution in [0.5, 0.6) is 0 Å². The highest BCUT2D eigenvalue weighted by atomic mass is 16.4. The van der Waals surface area contributed by atoms with Crippen LogP contribution in [-0.4, -0.2) is 35.1 Å². The molecule has 0 bridgehead atoms. The van der Waals surface area contributed by atoms with Gasteiger partial charge in [-0.1, -0.05) is 18.5 Å². The fraction of sp³-hybridized carbons (Fsp3) is 0.923. The van der Waals surface area contributed by atoms with Gasteiger partial charge in [0.2, 0.25) is 0 Å². The van der Waals surface area contributed by atoms with Crippen LogP contribution < -0.4 is 5.73 Å². The molecular weight excluding hydrogens is 214 g/mol. The van der Waals surface area contributed by atoms with Crippen LogP contribution in [0.4, 0.5) is 0 Å². The van der Waals surface area contributed by atoms with E-state index in [0.29, 0.717) is 5.84 Å². The highest BCUT2D eigenvalue weighted by Crippen LogP contribution is 2.24. The lowest BCUT2D eigenvalue weighted by Gasteiger charge is -2.36. The van der Waals surface area contributed by atoms with Crippen LogP contribution in [0.25, 0.3) is 0 Å². The van der Waals surface area contributed by atoms with Gasteiger partial charge in [0, 0.05) is 12.5 Å². The molecule has 1 atom stereocenters. The zero-order chi connectivity index (χ0) is 12.7. The van der Waals surface area contributed by atoms with Crippen molar-refractivity contribution < 1.29 is 5.21 Å². The van der Waals surface area contributed by atoms with Gasteiger partial charge in [-0.3, -0.25) is 0 Å². The second kappa shape index (κ2) is 7.54. The van der Waals surface area contributed by atoms with E-state index in [2.05, 4.69) is 23.9 Å². The Morgan fingerprint density at radius 3 is 2.65 bits per heavy atom. The fourth-order valence-corrected chi connectivity index (χ4v) is 2.68. The summed E-state index contributed by atoms with van der Waals surface area (Å²) in [6, 6.07) is 0.727. The largest absolute Gasteiger partial charge is 0.409 e. The SMILES string of the molecule is CCCC(C)N1CCC(CC/C(N)=N/O)CC1. The molecule has 3 N–H and O–H groups in total. The number of nitrogens with two attached hydrogens (primary N) is 1. The Hall–Kier alpha value is -0.770. The normalized spacial score (nSPS) is 21.6. The summed E-state index contributed by atoms with van der Waals surface area (Å²) in [5.41, 5.74) is 5.49. The van der Waals surface area contributed by atoms with Crippen molar-refractivity contribution in [3.63, 3.8) is 0 Å². The highest BCUT2D eigenvalue weighted by molar-refractivity contribution is 5.79. The monoisotopic (exact) mass is 241 g/mol. The van der Waals surface area contributed by atoms with Gasteiger partial charge >= 0.3 is 0 Å². The number of hydrogen-bond donors (Lipinski definition) is 2. The van der Waals surface area contributed by atoms with Crippen LogP contribution >= 0.6 is 0 Å². The highest BCUT2D eigenvalue weighted by Gasteiger charge is 2.22. The van der Waals surface area contributed by atoms with E-state index in [0.717, 1.165) is 24.8 Å². The van der Waals surface area contributed by atoms with Gasteiger partial charge in [0.15, 0.2) is 0 Å². The first-order valence-electron chi connectivity index (χ1n) is 6.87. The Morgan fingerprint density at radius 1 is 1.47 bits per heavy atom. The van der Waals surface area contributed by atoms with E-state index in [-0.39, 0.29) is 0 Å². The lowest BCUT2D eigenvalue weighted by Crippen LogP contribution is -2.40. The topological polar surface area (TPSA) is 61.8 Å². The second-order valence-electron chi connectivity index (χ2n) is 5.25. The second-order valence-corrected chi connectivity index (χ2v) is 5.25. The van der Waals surface area contributed by atoms with Crippen LogP contribution in [0, 0.1) is 5.92 Å². The maximum Gasteiger partial charge on any atom is 0.139 e. The van der Waals surface area contributed by atoms with Crippen molar-refractivity contribution in [3.8, 4) is 0 Å². The Labute approximate surface area is 105 Å². The average Bonchev–Trinajstić information content (AvgIpc) is 2.36. The van der Waals surface area contributed by atoms with Crippen molar-refractivity contribution in [1.82, 2.24) is 4.90 Å². The molecule has 0 aromatic rings. The maximum absolute atomic E-state index is 8.49. The molecule has 4 nitrogen and oxygen atoms in total. The Morgan fingerprint density at radius 2 is 2.12 bits per heavy atom. The number of likely N-dealkylation sites (tertiary alicyclic amines) is 1. The molecule has 1 aliphatic rings. The van der Waals surface area contributed by atoms with E-state index < -0.39 is 0 Å². The third-order valence-electron chi connectivity index (χ3n) is 3.92. The molecule has 1 rings (SSSR count). The molecule has 1 unspecified atom stereocenters. The average molecular weight is 241 g/mol. The van der Waals surface area contributed by atoms with Gasteiger partial charge in [-0.25, -0.2) is 0 Å². The predicted octanol–water partition coefficient (Wildman–Crippen LogP) is 2.41. The maximum atomic E-state index is 8.49. The summed E-state index contributed by atoms with van der Waals surface area (Å²) in [4.78, 5) is 2.60. The van der Waals surface area contributed by atoms with Crippen molar-refractivity contribution >= 4 is 5.84 Å². The zero-order valence-corrected chi connectivity index (χ0v) is 11.2. The van der Waals surface area contributed by atoms with Gasteiger partial charge in [0.1, 0.15) is 5.84 Å². The summed E-state index contributed by atoms with van der Waals surface area (Å²) in [6.07, 6.45) is 6.87. The van der Waals surface area contributed by atoms with E-state index in [9.17, 15) is 0 Å². The molecule has 1 fully saturated rings. The molecule has 0 radical (unpaired) electrons. The molecule has 0 aliphatic carbocycles. The molecule has 0 aromatic carbocycles. The van der Waals surface area contributed by atoms with Crippen LogP contribution in [-0.2, 0) is 0 Å². The van der Waals surface area contributed by atoms with E-state index in [1.807, 2.05) is 0 Å².